The second kappa shape index (κ2) is 45.0. The van der Waals surface area contributed by atoms with E-state index >= 15 is 0 Å². The minimum atomic E-state index is -4.53. The molecule has 0 aromatic rings. The topological polar surface area (TPSA) is 94.1 Å². The van der Waals surface area contributed by atoms with E-state index in [1.807, 2.05) is 21.1 Å². The monoisotopic (exact) mass is 880 g/mol. The maximum Gasteiger partial charge on any atom is 0.306 e. The quantitative estimate of drug-likeness (QED) is 0.0198. The van der Waals surface area contributed by atoms with Crippen molar-refractivity contribution < 1.29 is 37.3 Å². The highest BCUT2D eigenvalue weighted by Crippen LogP contribution is 2.38. The molecule has 2 atom stereocenters. The Labute approximate surface area is 378 Å². The summed E-state index contributed by atoms with van der Waals surface area (Å²) in [5, 5.41) is 0. The molecule has 0 spiro atoms. The maximum atomic E-state index is 12.7. The number of ether oxygens (including phenoxy) is 2. The van der Waals surface area contributed by atoms with Crippen LogP contribution in [0, 0.1) is 0 Å². The zero-order valence-electron chi connectivity index (χ0n) is 40.6. The molecule has 0 rings (SSSR count). The molecule has 0 saturated carbocycles. The van der Waals surface area contributed by atoms with Gasteiger partial charge in [0, 0.05) is 13.0 Å². The molecule has 2 unspecified atom stereocenters. The number of allylic oxidation sites excluding steroid dienone is 8. The van der Waals surface area contributed by atoms with Gasteiger partial charge in [0.1, 0.15) is 19.3 Å². The molecule has 0 aromatic heterocycles. The normalized spacial score (nSPS) is 14.0. The van der Waals surface area contributed by atoms with Crippen molar-refractivity contribution in [3.63, 3.8) is 0 Å². The molecule has 9 heteroatoms. The molecule has 0 radical (unpaired) electrons. The molecular formula is C52H98NO7P. The highest BCUT2D eigenvalue weighted by atomic mass is 31.2. The number of unbranched alkanes of at least 4 members (excludes halogenated alkanes) is 25. The van der Waals surface area contributed by atoms with Crippen LogP contribution in [0.1, 0.15) is 219 Å². The molecule has 0 saturated heterocycles. The van der Waals surface area contributed by atoms with Gasteiger partial charge in [-0.2, -0.15) is 0 Å². The van der Waals surface area contributed by atoms with Gasteiger partial charge in [-0.15, -0.1) is 0 Å². The summed E-state index contributed by atoms with van der Waals surface area (Å²) in [4.78, 5) is 25.2. The van der Waals surface area contributed by atoms with Crippen LogP contribution >= 0.6 is 7.82 Å². The van der Waals surface area contributed by atoms with Crippen molar-refractivity contribution in [1.29, 1.82) is 0 Å². The summed E-state index contributed by atoms with van der Waals surface area (Å²) in [6.45, 7) is 5.30. The molecule has 358 valence electrons. The van der Waals surface area contributed by atoms with Crippen LogP contribution in [0.5, 0.6) is 0 Å². The number of esters is 1. The van der Waals surface area contributed by atoms with Crippen molar-refractivity contribution >= 4 is 13.8 Å². The zero-order chi connectivity index (χ0) is 44.8. The number of likely N-dealkylation sites (N-methyl/N-ethyl adjacent to an activating group) is 1. The van der Waals surface area contributed by atoms with E-state index in [4.69, 9.17) is 18.5 Å². The molecule has 0 aliphatic carbocycles. The van der Waals surface area contributed by atoms with E-state index < -0.39 is 13.9 Å². The fourth-order valence-electron chi connectivity index (χ4n) is 7.01. The Morgan fingerprint density at radius 2 is 0.951 bits per heavy atom. The number of carbonyl (C=O) groups excluding carboxylic acids is 1. The van der Waals surface area contributed by atoms with E-state index in [2.05, 4.69) is 62.5 Å². The lowest BCUT2D eigenvalue weighted by molar-refractivity contribution is -0.870. The number of phosphoric acid groups is 1. The standard InChI is InChI=1S/C52H98NO7P/c1-6-8-10-12-14-16-18-20-22-24-26-28-30-32-34-36-38-40-42-44-47-57-49-51(50-59-61(55,56)58-48-46-53(3,4)5)60-52(54)45-43-41-39-37-35-33-31-29-27-25-23-21-19-17-15-13-11-9-7-2/h8,10,14,16,20,22,26,28,51H,6-7,9,11-13,15,17-19,21,23-25,27,29-50H2,1-5H3/b10-8-,16-14-,22-20-,28-26-. The summed E-state index contributed by atoms with van der Waals surface area (Å²) in [6.07, 6.45) is 55.6. The van der Waals surface area contributed by atoms with Gasteiger partial charge in [0.15, 0.2) is 0 Å². The maximum absolute atomic E-state index is 12.7. The lowest BCUT2D eigenvalue weighted by atomic mass is 10.0. The van der Waals surface area contributed by atoms with Gasteiger partial charge < -0.3 is 27.9 Å². The Kier molecular flexibility index (Phi) is 43.9. The number of hydrogen-bond acceptors (Lipinski definition) is 7. The molecule has 0 heterocycles. The van der Waals surface area contributed by atoms with Gasteiger partial charge in [-0.05, 0) is 51.4 Å². The van der Waals surface area contributed by atoms with Gasteiger partial charge in [-0.1, -0.05) is 210 Å². The van der Waals surface area contributed by atoms with E-state index in [0.717, 1.165) is 70.6 Å². The van der Waals surface area contributed by atoms with Gasteiger partial charge in [-0.25, -0.2) is 0 Å². The predicted molar refractivity (Wildman–Crippen MR) is 259 cm³/mol. The summed E-state index contributed by atoms with van der Waals surface area (Å²) in [5.74, 6) is -0.335. The lowest BCUT2D eigenvalue weighted by Gasteiger charge is -2.28. The first kappa shape index (κ1) is 59.5. The summed E-state index contributed by atoms with van der Waals surface area (Å²) in [5.41, 5.74) is 0. The van der Waals surface area contributed by atoms with Gasteiger partial charge in [-0.3, -0.25) is 9.36 Å². The van der Waals surface area contributed by atoms with Crippen LogP contribution in [0.3, 0.4) is 0 Å². The third-order valence-corrected chi connectivity index (χ3v) is 11.9. The minimum absolute atomic E-state index is 0.0237. The van der Waals surface area contributed by atoms with Crippen molar-refractivity contribution in [1.82, 2.24) is 0 Å². The van der Waals surface area contributed by atoms with Gasteiger partial charge in [0.2, 0.25) is 0 Å². The van der Waals surface area contributed by atoms with Gasteiger partial charge in [0.25, 0.3) is 7.82 Å². The molecule has 0 bridgehead atoms. The molecule has 0 aromatic carbocycles. The third-order valence-electron chi connectivity index (χ3n) is 10.9. The Bertz CT molecular complexity index is 1120. The number of carbonyl (C=O) groups is 1. The zero-order valence-corrected chi connectivity index (χ0v) is 41.5. The van der Waals surface area contributed by atoms with E-state index in [0.29, 0.717) is 24.1 Å². The number of phosphoric ester groups is 1. The molecule has 0 fully saturated rings. The smallest absolute Gasteiger partial charge is 0.306 e. The summed E-state index contributed by atoms with van der Waals surface area (Å²) in [6, 6.07) is 0. The highest BCUT2D eigenvalue weighted by molar-refractivity contribution is 7.45. The van der Waals surface area contributed by atoms with Gasteiger partial charge >= 0.3 is 5.97 Å². The predicted octanol–water partition coefficient (Wildman–Crippen LogP) is 14.9. The average molecular weight is 880 g/mol. The fourth-order valence-corrected chi connectivity index (χ4v) is 7.74. The largest absolute Gasteiger partial charge is 0.756 e. The fraction of sp³-hybridized carbons (Fsp3) is 0.827. The van der Waals surface area contributed by atoms with Crippen molar-refractivity contribution in [2.75, 3.05) is 54.1 Å². The van der Waals surface area contributed by atoms with Crippen molar-refractivity contribution in [2.45, 2.75) is 225 Å². The second-order valence-corrected chi connectivity index (χ2v) is 19.6. The van der Waals surface area contributed by atoms with Crippen molar-refractivity contribution in [2.24, 2.45) is 0 Å². The van der Waals surface area contributed by atoms with E-state index in [-0.39, 0.29) is 25.8 Å². The van der Waals surface area contributed by atoms with E-state index in [1.54, 1.807) is 0 Å². The molecule has 61 heavy (non-hydrogen) atoms. The Balaban J connectivity index is 4.16. The highest BCUT2D eigenvalue weighted by Gasteiger charge is 2.20. The van der Waals surface area contributed by atoms with E-state index in [9.17, 15) is 14.3 Å². The Morgan fingerprint density at radius 1 is 0.525 bits per heavy atom. The molecule has 0 amide bonds. The molecule has 0 aliphatic heterocycles. The molecule has 0 aliphatic rings. The molecular weight excluding hydrogens is 782 g/mol. The Morgan fingerprint density at radius 3 is 1.43 bits per heavy atom. The van der Waals surface area contributed by atoms with Crippen molar-refractivity contribution in [3.05, 3.63) is 48.6 Å². The Hall–Kier alpha value is -1.54. The summed E-state index contributed by atoms with van der Waals surface area (Å²) < 4.78 is 34.7. The average Bonchev–Trinajstić information content (AvgIpc) is 3.22. The minimum Gasteiger partial charge on any atom is -0.756 e. The number of quaternary nitrogens is 1. The summed E-state index contributed by atoms with van der Waals surface area (Å²) in [7, 11) is 1.35. The van der Waals surface area contributed by atoms with Crippen LogP contribution in [-0.4, -0.2) is 70.7 Å². The van der Waals surface area contributed by atoms with Crippen molar-refractivity contribution in [3.8, 4) is 0 Å². The molecule has 0 N–H and O–H groups in total. The van der Waals surface area contributed by atoms with Crippen LogP contribution in [0.4, 0.5) is 0 Å². The number of rotatable bonds is 47. The second-order valence-electron chi connectivity index (χ2n) is 18.2. The van der Waals surface area contributed by atoms with Crippen LogP contribution in [0.2, 0.25) is 0 Å². The summed E-state index contributed by atoms with van der Waals surface area (Å²) >= 11 is 0. The first-order chi connectivity index (χ1) is 29.6. The first-order valence-corrected chi connectivity index (χ1v) is 26.8. The van der Waals surface area contributed by atoms with Crippen LogP contribution < -0.4 is 4.89 Å². The lowest BCUT2D eigenvalue weighted by Crippen LogP contribution is -2.37. The van der Waals surface area contributed by atoms with Crippen LogP contribution in [0.25, 0.3) is 0 Å². The van der Waals surface area contributed by atoms with E-state index in [1.165, 1.54) is 128 Å². The molecule has 8 nitrogen and oxygen atoms in total. The van der Waals surface area contributed by atoms with Crippen LogP contribution in [0.15, 0.2) is 48.6 Å². The SMILES string of the molecule is CC/C=C\C/C=C\C/C=C\C/C=C\CCCCCCCCCOCC(COP(=O)([O-])OCC[N+](C)(C)C)OC(=O)CCCCCCCCCCCCCCCCCCCCC. The number of hydrogen-bond donors (Lipinski definition) is 0. The van der Waals surface area contributed by atoms with Gasteiger partial charge in [0.05, 0.1) is 34.4 Å². The third kappa shape index (κ3) is 49.3. The first-order valence-electron chi connectivity index (χ1n) is 25.4. The number of nitrogens with zero attached hydrogens (tertiary/aromatic N) is 1. The van der Waals surface area contributed by atoms with Crippen LogP contribution in [-0.2, 0) is 27.9 Å².